The van der Waals surface area contributed by atoms with Crippen molar-refractivity contribution in [3.63, 3.8) is 0 Å². The van der Waals surface area contributed by atoms with Crippen LogP contribution in [0.2, 0.25) is 0 Å². The topological polar surface area (TPSA) is 52.3 Å². The minimum atomic E-state index is -0.463. The zero-order chi connectivity index (χ0) is 23.0. The lowest BCUT2D eigenvalue weighted by atomic mass is 9.78. The van der Waals surface area contributed by atoms with Crippen LogP contribution in [0, 0.1) is 5.92 Å². The van der Waals surface area contributed by atoms with Gasteiger partial charge in [0.1, 0.15) is 18.8 Å². The second-order valence-electron chi connectivity index (χ2n) is 10.6. The van der Waals surface area contributed by atoms with Crippen LogP contribution in [0.5, 0.6) is 0 Å². The molecule has 0 radical (unpaired) electrons. The number of esters is 1. The van der Waals surface area contributed by atoms with Gasteiger partial charge in [-0.15, -0.1) is 0 Å². The predicted molar refractivity (Wildman–Crippen MR) is 130 cm³/mol. The first-order valence-electron chi connectivity index (χ1n) is 12.8. The molecule has 1 saturated carbocycles. The van der Waals surface area contributed by atoms with E-state index in [9.17, 15) is 4.79 Å². The number of carbonyl (C=O) groups excluding carboxylic acids is 1. The van der Waals surface area contributed by atoms with Crippen LogP contribution >= 0.6 is 0 Å². The molecule has 0 unspecified atom stereocenters. The second-order valence-corrected chi connectivity index (χ2v) is 10.6. The highest BCUT2D eigenvalue weighted by atomic mass is 35.5. The number of rotatable bonds is 6. The van der Waals surface area contributed by atoms with E-state index in [0.29, 0.717) is 5.92 Å². The van der Waals surface area contributed by atoms with Crippen LogP contribution in [-0.2, 0) is 21.5 Å². The number of piperidine rings is 3. The van der Waals surface area contributed by atoms with Gasteiger partial charge in [0.2, 0.25) is 0 Å². The molecule has 4 heterocycles. The van der Waals surface area contributed by atoms with Crippen molar-refractivity contribution in [2.24, 2.45) is 5.92 Å². The quantitative estimate of drug-likeness (QED) is 0.392. The third-order valence-electron chi connectivity index (χ3n) is 8.59. The number of benzene rings is 2. The number of quaternary nitrogens is 1. The van der Waals surface area contributed by atoms with E-state index in [-0.39, 0.29) is 24.5 Å². The Morgan fingerprint density at radius 1 is 1.00 bits per heavy atom. The fraction of sp³-hybridized carbons (Fsp3) is 0.448. The standard InChI is InChI=1S/C29H33N2O3.ClH/c32-28(29(15-7-8-16-29)24-11-5-2-6-12-24)33-27-21-31(17-13-23(27)14-18-31)20-25-19-26(34-30-25)22-9-3-1-4-10-22;/h1-6,9-12,19,23,27H,7-8,13-18,20-21H2;1H/q+1;/p-1/t23?,27-,31?;/m0./s1. The predicted octanol–water partition coefficient (Wildman–Crippen LogP) is 2.51. The molecule has 1 atom stereocenters. The molecule has 4 aliphatic rings. The Balaban J connectivity index is 0.00000253. The van der Waals surface area contributed by atoms with Gasteiger partial charge in [-0.25, -0.2) is 0 Å². The van der Waals surface area contributed by atoms with Crippen molar-refractivity contribution in [1.29, 1.82) is 0 Å². The molecule has 3 aliphatic heterocycles. The highest BCUT2D eigenvalue weighted by Gasteiger charge is 2.51. The molecule has 4 fully saturated rings. The van der Waals surface area contributed by atoms with Crippen LogP contribution in [-0.4, -0.2) is 41.3 Å². The third-order valence-corrected chi connectivity index (χ3v) is 8.59. The summed E-state index contributed by atoms with van der Waals surface area (Å²) >= 11 is 0. The zero-order valence-electron chi connectivity index (χ0n) is 20.1. The first-order valence-corrected chi connectivity index (χ1v) is 12.8. The number of hydrogen-bond donors (Lipinski definition) is 0. The summed E-state index contributed by atoms with van der Waals surface area (Å²) in [5.74, 6) is 1.30. The number of carbonyl (C=O) groups is 1. The van der Waals surface area contributed by atoms with Gasteiger partial charge < -0.3 is 26.2 Å². The lowest BCUT2D eigenvalue weighted by Gasteiger charge is -2.52. The molecule has 1 aliphatic carbocycles. The Bertz CT molecular complexity index is 1130. The molecule has 6 heteroatoms. The van der Waals surface area contributed by atoms with Crippen LogP contribution in [0.3, 0.4) is 0 Å². The second kappa shape index (κ2) is 9.79. The first-order chi connectivity index (χ1) is 16.7. The van der Waals surface area contributed by atoms with E-state index in [2.05, 4.69) is 23.4 Å². The summed E-state index contributed by atoms with van der Waals surface area (Å²) < 4.78 is 13.0. The normalized spacial score (nSPS) is 26.7. The van der Waals surface area contributed by atoms with Gasteiger partial charge in [-0.1, -0.05) is 78.7 Å². The van der Waals surface area contributed by atoms with Gasteiger partial charge in [0.05, 0.1) is 18.5 Å². The minimum Gasteiger partial charge on any atom is -1.00 e. The number of aromatic nitrogens is 1. The highest BCUT2D eigenvalue weighted by molar-refractivity contribution is 5.83. The van der Waals surface area contributed by atoms with Gasteiger partial charge in [0, 0.05) is 30.4 Å². The molecule has 3 aromatic rings. The highest BCUT2D eigenvalue weighted by Crippen LogP contribution is 2.44. The molecular weight excluding hydrogens is 460 g/mol. The summed E-state index contributed by atoms with van der Waals surface area (Å²) in [6, 6.07) is 22.5. The molecule has 0 amide bonds. The number of halogens is 1. The molecular formula is C29H33ClN2O3. The average Bonchev–Trinajstić information content (AvgIpc) is 3.57. The number of nitrogens with zero attached hydrogens (tertiary/aromatic N) is 2. The maximum Gasteiger partial charge on any atom is 0.317 e. The van der Waals surface area contributed by atoms with Crippen molar-refractivity contribution in [3.8, 4) is 11.3 Å². The summed E-state index contributed by atoms with van der Waals surface area (Å²) in [6.07, 6.45) is 6.20. The monoisotopic (exact) mass is 492 g/mol. The van der Waals surface area contributed by atoms with Crippen molar-refractivity contribution in [3.05, 3.63) is 78.0 Å². The SMILES string of the molecule is O=C(O[C@H]1C[N+]2(Cc3cc(-c4ccccc4)on3)CCC1CC2)C1(c2ccccc2)CCCC1.[Cl-]. The van der Waals surface area contributed by atoms with E-state index in [1.807, 2.05) is 48.5 Å². The molecule has 7 rings (SSSR count). The van der Waals surface area contributed by atoms with Crippen LogP contribution < -0.4 is 12.4 Å². The lowest BCUT2D eigenvalue weighted by molar-refractivity contribution is -0.958. The van der Waals surface area contributed by atoms with Crippen LogP contribution in [0.25, 0.3) is 11.3 Å². The first kappa shape index (κ1) is 24.1. The lowest BCUT2D eigenvalue weighted by Crippen LogP contribution is -3.00. The van der Waals surface area contributed by atoms with Crippen LogP contribution in [0.1, 0.15) is 49.8 Å². The van der Waals surface area contributed by atoms with Gasteiger partial charge in [-0.2, -0.15) is 0 Å². The third kappa shape index (κ3) is 4.52. The fourth-order valence-corrected chi connectivity index (χ4v) is 6.64. The maximum atomic E-state index is 13.7. The van der Waals surface area contributed by atoms with E-state index < -0.39 is 5.41 Å². The Morgan fingerprint density at radius 3 is 2.34 bits per heavy atom. The van der Waals surface area contributed by atoms with Crippen molar-refractivity contribution < 1.29 is 30.9 Å². The summed E-state index contributed by atoms with van der Waals surface area (Å²) in [7, 11) is 0. The van der Waals surface area contributed by atoms with Crippen molar-refractivity contribution in [2.75, 3.05) is 19.6 Å². The molecule has 0 spiro atoms. The average molecular weight is 493 g/mol. The van der Waals surface area contributed by atoms with Crippen LogP contribution in [0.15, 0.2) is 71.3 Å². The molecule has 3 saturated heterocycles. The molecule has 2 aromatic carbocycles. The smallest absolute Gasteiger partial charge is 0.317 e. The zero-order valence-corrected chi connectivity index (χ0v) is 20.8. The van der Waals surface area contributed by atoms with Gasteiger partial charge in [-0.3, -0.25) is 4.79 Å². The van der Waals surface area contributed by atoms with E-state index in [4.69, 9.17) is 9.26 Å². The molecule has 184 valence electrons. The summed E-state index contributed by atoms with van der Waals surface area (Å²) in [5, 5.41) is 4.40. The number of ether oxygens (including phenoxy) is 1. The fourth-order valence-electron chi connectivity index (χ4n) is 6.64. The van der Waals surface area contributed by atoms with Gasteiger partial charge in [0.15, 0.2) is 11.9 Å². The van der Waals surface area contributed by atoms with E-state index in [1.165, 1.54) is 0 Å². The summed E-state index contributed by atoms with van der Waals surface area (Å²) in [4.78, 5) is 13.7. The Hall–Kier alpha value is -2.63. The molecule has 0 N–H and O–H groups in total. The van der Waals surface area contributed by atoms with E-state index >= 15 is 0 Å². The number of fused-ring (bicyclic) bond motifs is 3. The van der Waals surface area contributed by atoms with Gasteiger partial charge >= 0.3 is 5.97 Å². The van der Waals surface area contributed by atoms with Gasteiger partial charge in [0.25, 0.3) is 0 Å². The van der Waals surface area contributed by atoms with Crippen molar-refractivity contribution >= 4 is 5.97 Å². The Labute approximate surface area is 213 Å². The summed E-state index contributed by atoms with van der Waals surface area (Å²) in [6.45, 7) is 3.96. The van der Waals surface area contributed by atoms with E-state index in [0.717, 1.165) is 91.8 Å². The van der Waals surface area contributed by atoms with Crippen LogP contribution in [0.4, 0.5) is 0 Å². The van der Waals surface area contributed by atoms with Crippen molar-refractivity contribution in [2.45, 2.75) is 56.6 Å². The summed E-state index contributed by atoms with van der Waals surface area (Å²) in [5.41, 5.74) is 2.70. The molecule has 1 aromatic heterocycles. The molecule has 35 heavy (non-hydrogen) atoms. The maximum absolute atomic E-state index is 13.7. The number of hydrogen-bond acceptors (Lipinski definition) is 4. The van der Waals surface area contributed by atoms with E-state index in [1.54, 1.807) is 0 Å². The largest absolute Gasteiger partial charge is 1.00 e. The minimum absolute atomic E-state index is 0. The molecule has 2 bridgehead atoms. The Morgan fingerprint density at radius 2 is 1.66 bits per heavy atom. The molecule has 5 nitrogen and oxygen atoms in total. The van der Waals surface area contributed by atoms with Gasteiger partial charge in [-0.05, 0) is 18.4 Å². The van der Waals surface area contributed by atoms with Crippen molar-refractivity contribution in [1.82, 2.24) is 5.16 Å². The Kier molecular flexibility index (Phi) is 6.73.